The summed E-state index contributed by atoms with van der Waals surface area (Å²) in [6.45, 7) is 5.90. The van der Waals surface area contributed by atoms with E-state index in [1.807, 2.05) is 13.8 Å². The van der Waals surface area contributed by atoms with Crippen molar-refractivity contribution >= 4 is 17.8 Å². The Hall–Kier alpha value is -1.71. The van der Waals surface area contributed by atoms with Gasteiger partial charge in [0.05, 0.1) is 26.9 Å². The monoisotopic (exact) mass is 370 g/mol. The fourth-order valence-corrected chi connectivity index (χ4v) is 3.56. The number of nitrogens with zero attached hydrogens (tertiary/aromatic N) is 2. The Kier molecular flexibility index (Phi) is 5.79. The van der Waals surface area contributed by atoms with Crippen LogP contribution in [-0.2, 0) is 33.3 Å². The smallest absolute Gasteiger partial charge is 0.328 e. The molecule has 3 aliphatic heterocycles. The quantitative estimate of drug-likeness (QED) is 0.596. The molecule has 146 valence electrons. The Labute approximate surface area is 152 Å². The molecule has 26 heavy (non-hydrogen) atoms. The lowest BCUT2D eigenvalue weighted by Gasteiger charge is -2.36. The molecule has 0 aromatic heterocycles. The lowest BCUT2D eigenvalue weighted by molar-refractivity contribution is -0.174. The van der Waals surface area contributed by atoms with Crippen molar-refractivity contribution in [3.63, 3.8) is 0 Å². The molecule has 2 bridgehead atoms. The van der Waals surface area contributed by atoms with Crippen LogP contribution in [0.25, 0.3) is 0 Å². The molecule has 9 nitrogen and oxygen atoms in total. The van der Waals surface area contributed by atoms with Crippen LogP contribution >= 0.6 is 0 Å². The van der Waals surface area contributed by atoms with Gasteiger partial charge >= 0.3 is 5.97 Å². The predicted octanol–water partition coefficient (Wildman–Crippen LogP) is -0.615. The third-order valence-electron chi connectivity index (χ3n) is 4.85. The van der Waals surface area contributed by atoms with Crippen molar-refractivity contribution in [3.05, 3.63) is 0 Å². The van der Waals surface area contributed by atoms with Crippen LogP contribution in [0.1, 0.15) is 20.3 Å². The number of carbonyl (C=O) groups excluding carboxylic acids is 3. The van der Waals surface area contributed by atoms with Crippen LogP contribution in [0.15, 0.2) is 0 Å². The minimum atomic E-state index is -1.02. The van der Waals surface area contributed by atoms with E-state index in [9.17, 15) is 14.4 Å². The van der Waals surface area contributed by atoms with Crippen molar-refractivity contribution in [2.45, 2.75) is 44.8 Å². The second-order valence-corrected chi connectivity index (χ2v) is 7.14. The molecule has 3 saturated heterocycles. The molecule has 0 aliphatic carbocycles. The fourth-order valence-electron chi connectivity index (χ4n) is 3.56. The highest BCUT2D eigenvalue weighted by Gasteiger charge is 2.54. The molecule has 3 heterocycles. The van der Waals surface area contributed by atoms with Crippen molar-refractivity contribution in [1.29, 1.82) is 0 Å². The molecule has 0 aromatic carbocycles. The third-order valence-corrected chi connectivity index (χ3v) is 4.85. The lowest BCUT2D eigenvalue weighted by atomic mass is 10.0. The van der Waals surface area contributed by atoms with Crippen LogP contribution in [0.2, 0.25) is 0 Å². The highest BCUT2D eigenvalue weighted by atomic mass is 16.7. The van der Waals surface area contributed by atoms with Gasteiger partial charge in [-0.3, -0.25) is 9.59 Å². The molecule has 3 fully saturated rings. The maximum atomic E-state index is 12.9. The highest BCUT2D eigenvalue weighted by Crippen LogP contribution is 2.31. The first-order chi connectivity index (χ1) is 12.4. The number of ether oxygens (including phenoxy) is 4. The summed E-state index contributed by atoms with van der Waals surface area (Å²) in [5.41, 5.74) is 0. The van der Waals surface area contributed by atoms with E-state index in [0.29, 0.717) is 32.7 Å². The second-order valence-electron chi connectivity index (χ2n) is 7.14. The number of morpholine rings is 2. The molecule has 0 aromatic rings. The number of amides is 2. The van der Waals surface area contributed by atoms with Gasteiger partial charge in [0.2, 0.25) is 0 Å². The van der Waals surface area contributed by atoms with Gasteiger partial charge in [-0.2, -0.15) is 0 Å². The Morgan fingerprint density at radius 2 is 1.92 bits per heavy atom. The summed E-state index contributed by atoms with van der Waals surface area (Å²) in [6, 6.07) is -0.706. The van der Waals surface area contributed by atoms with Crippen LogP contribution in [-0.4, -0.2) is 92.1 Å². The average molecular weight is 370 g/mol. The Bertz CT molecular complexity index is 561. The number of esters is 1. The molecule has 0 unspecified atom stereocenters. The minimum Gasteiger partial charge on any atom is -0.467 e. The SMILES string of the molecule is COC(=O)[C@H](CC(C)C)N1C[C@@H]2O[C@H](C1=O)[C@H](C(=O)N1CCOCC1)O2. The van der Waals surface area contributed by atoms with E-state index < -0.39 is 36.4 Å². The maximum absolute atomic E-state index is 12.9. The van der Waals surface area contributed by atoms with E-state index in [0.717, 1.165) is 0 Å². The molecule has 0 radical (unpaired) electrons. The summed E-state index contributed by atoms with van der Waals surface area (Å²) in [5.74, 6) is -0.945. The zero-order valence-electron chi connectivity index (χ0n) is 15.4. The summed E-state index contributed by atoms with van der Waals surface area (Å²) in [7, 11) is 1.30. The van der Waals surface area contributed by atoms with Gasteiger partial charge in [0.1, 0.15) is 6.04 Å². The third kappa shape index (κ3) is 3.70. The van der Waals surface area contributed by atoms with E-state index in [1.54, 1.807) is 4.90 Å². The van der Waals surface area contributed by atoms with Gasteiger partial charge in [0.25, 0.3) is 11.8 Å². The molecule has 4 atom stereocenters. The van der Waals surface area contributed by atoms with Gasteiger partial charge in [0, 0.05) is 13.1 Å². The van der Waals surface area contributed by atoms with E-state index in [4.69, 9.17) is 18.9 Å². The zero-order valence-corrected chi connectivity index (χ0v) is 15.4. The molecule has 0 spiro atoms. The summed E-state index contributed by atoms with van der Waals surface area (Å²) in [4.78, 5) is 40.9. The number of carbonyl (C=O) groups is 3. The molecule has 0 saturated carbocycles. The van der Waals surface area contributed by atoms with Gasteiger partial charge in [-0.15, -0.1) is 0 Å². The van der Waals surface area contributed by atoms with Gasteiger partial charge in [0.15, 0.2) is 18.5 Å². The zero-order chi connectivity index (χ0) is 18.8. The van der Waals surface area contributed by atoms with Crippen LogP contribution in [0.5, 0.6) is 0 Å². The first-order valence-corrected chi connectivity index (χ1v) is 8.98. The Morgan fingerprint density at radius 1 is 1.23 bits per heavy atom. The number of fused-ring (bicyclic) bond motifs is 2. The van der Waals surface area contributed by atoms with Crippen molar-refractivity contribution < 1.29 is 33.3 Å². The summed E-state index contributed by atoms with van der Waals surface area (Å²) in [5, 5.41) is 0. The van der Waals surface area contributed by atoms with Crippen LogP contribution in [0.3, 0.4) is 0 Å². The van der Waals surface area contributed by atoms with Crippen molar-refractivity contribution in [1.82, 2.24) is 9.80 Å². The summed E-state index contributed by atoms with van der Waals surface area (Å²) >= 11 is 0. The Balaban J connectivity index is 1.75. The van der Waals surface area contributed by atoms with Crippen molar-refractivity contribution in [3.8, 4) is 0 Å². The Morgan fingerprint density at radius 3 is 2.54 bits per heavy atom. The minimum absolute atomic E-state index is 0.106. The first kappa shape index (κ1) is 19.1. The summed E-state index contributed by atoms with van der Waals surface area (Å²) < 4.78 is 21.4. The topological polar surface area (TPSA) is 94.6 Å². The largest absolute Gasteiger partial charge is 0.467 e. The van der Waals surface area contributed by atoms with Crippen LogP contribution in [0, 0.1) is 5.92 Å². The first-order valence-electron chi connectivity index (χ1n) is 8.98. The molecule has 3 rings (SSSR count). The second kappa shape index (κ2) is 7.89. The van der Waals surface area contributed by atoms with E-state index in [2.05, 4.69) is 0 Å². The van der Waals surface area contributed by atoms with Gasteiger partial charge in [-0.1, -0.05) is 13.8 Å². The van der Waals surface area contributed by atoms with Gasteiger partial charge in [-0.25, -0.2) is 4.79 Å². The summed E-state index contributed by atoms with van der Waals surface area (Å²) in [6.07, 6.45) is -2.25. The standard InChI is InChI=1S/C17H26N2O7/c1-10(2)8-11(17(22)23-3)19-9-12-25-13(14(26-12)16(19)21)15(20)18-4-6-24-7-5-18/h10-14H,4-9H2,1-3H3/t11-,12-,13+,14-/m0/s1. The maximum Gasteiger partial charge on any atom is 0.328 e. The van der Waals surface area contributed by atoms with E-state index in [-0.39, 0.29) is 18.4 Å². The van der Waals surface area contributed by atoms with Crippen molar-refractivity contribution in [2.24, 2.45) is 5.92 Å². The number of rotatable bonds is 5. The van der Waals surface area contributed by atoms with Crippen LogP contribution < -0.4 is 0 Å². The molecular formula is C17H26N2O7. The molecule has 0 N–H and O–H groups in total. The van der Waals surface area contributed by atoms with Gasteiger partial charge < -0.3 is 28.7 Å². The van der Waals surface area contributed by atoms with E-state index in [1.165, 1.54) is 12.0 Å². The number of hydrogen-bond donors (Lipinski definition) is 0. The van der Waals surface area contributed by atoms with Crippen molar-refractivity contribution in [2.75, 3.05) is 40.0 Å². The highest BCUT2D eigenvalue weighted by molar-refractivity contribution is 5.94. The molecule has 9 heteroatoms. The molecular weight excluding hydrogens is 344 g/mol. The average Bonchev–Trinajstić information content (AvgIpc) is 3.01. The van der Waals surface area contributed by atoms with Crippen LogP contribution in [0.4, 0.5) is 0 Å². The molecule has 3 aliphatic rings. The van der Waals surface area contributed by atoms with Gasteiger partial charge in [-0.05, 0) is 12.3 Å². The van der Waals surface area contributed by atoms with E-state index >= 15 is 0 Å². The molecule has 2 amide bonds. The normalized spacial score (nSPS) is 29.8. The lowest BCUT2D eigenvalue weighted by Crippen LogP contribution is -2.57. The number of methoxy groups -OCH3 is 1. The fraction of sp³-hybridized carbons (Fsp3) is 0.824. The predicted molar refractivity (Wildman–Crippen MR) is 87.9 cm³/mol. The number of hydrogen-bond acceptors (Lipinski definition) is 7.